The number of aliphatic hydroxyl groups excluding tert-OH is 1. The van der Waals surface area contributed by atoms with Gasteiger partial charge in [-0.05, 0) is 78.3 Å². The van der Waals surface area contributed by atoms with Crippen molar-refractivity contribution in [1.82, 2.24) is 45.0 Å². The molecule has 2 aromatic carbocycles. The highest BCUT2D eigenvalue weighted by Crippen LogP contribution is 2.36. The first-order valence-corrected chi connectivity index (χ1v) is 28.9. The Bertz CT molecular complexity index is 3090. The number of likely N-dealkylation sites (tertiary alicyclic amines) is 1. The van der Waals surface area contributed by atoms with Crippen molar-refractivity contribution in [2.45, 2.75) is 77.7 Å². The number of aromatic nitrogens is 5. The Morgan fingerprint density at radius 1 is 0.805 bits per heavy atom. The monoisotopic (exact) mass is 1150 g/mol. The summed E-state index contributed by atoms with van der Waals surface area (Å²) in [6.07, 6.45) is 2.89. The van der Waals surface area contributed by atoms with Gasteiger partial charge in [0.1, 0.15) is 48.4 Å². The molecule has 0 aliphatic carbocycles. The Labute approximate surface area is 481 Å². The van der Waals surface area contributed by atoms with Crippen molar-refractivity contribution in [2.75, 3.05) is 115 Å². The molecule has 6 aromatic rings. The number of benzene rings is 2. The van der Waals surface area contributed by atoms with Gasteiger partial charge in [0.2, 0.25) is 23.6 Å². The van der Waals surface area contributed by atoms with E-state index in [4.69, 9.17) is 33.8 Å². The van der Waals surface area contributed by atoms with E-state index in [1.165, 1.54) is 11.0 Å². The summed E-state index contributed by atoms with van der Waals surface area (Å²) in [5.74, 6) is -0.0596. The van der Waals surface area contributed by atoms with Gasteiger partial charge in [0.25, 0.3) is 0 Å². The normalized spacial score (nSPS) is 17.9. The van der Waals surface area contributed by atoms with Crippen molar-refractivity contribution >= 4 is 52.2 Å². The van der Waals surface area contributed by atoms with Crippen molar-refractivity contribution in [3.63, 3.8) is 0 Å². The highest BCUT2D eigenvalue weighted by Gasteiger charge is 2.44. The molecule has 82 heavy (non-hydrogen) atoms. The van der Waals surface area contributed by atoms with Crippen molar-refractivity contribution in [1.29, 1.82) is 0 Å². The second-order valence-corrected chi connectivity index (χ2v) is 22.5. The smallest absolute Gasteiger partial charge is 0.248 e. The number of ether oxygens (including phenoxy) is 5. The number of thiazole rings is 1. The number of imidazole rings is 1. The number of β-amino-alcohol motifs (C(OH)–C–C–N with tert-alkyl or cyclic N) is 1. The van der Waals surface area contributed by atoms with E-state index in [0.717, 1.165) is 69.7 Å². The Hall–Kier alpha value is -6.99. The fourth-order valence-electron chi connectivity index (χ4n) is 10.4. The summed E-state index contributed by atoms with van der Waals surface area (Å²) in [5.41, 5.74) is 7.12. The predicted molar refractivity (Wildman–Crippen MR) is 306 cm³/mol. The van der Waals surface area contributed by atoms with Crippen molar-refractivity contribution in [3.05, 3.63) is 113 Å². The van der Waals surface area contributed by atoms with E-state index in [1.807, 2.05) is 98.4 Å². The van der Waals surface area contributed by atoms with E-state index in [-0.39, 0.29) is 76.2 Å². The van der Waals surface area contributed by atoms with E-state index in [0.29, 0.717) is 64.9 Å². The number of halogens is 1. The Morgan fingerprint density at radius 3 is 2.18 bits per heavy atom. The van der Waals surface area contributed by atoms with Gasteiger partial charge in [0.15, 0.2) is 5.65 Å². The van der Waals surface area contributed by atoms with Crippen LogP contribution in [0, 0.1) is 18.2 Å². The molecule has 0 radical (unpaired) electrons. The number of hydrogen-bond acceptors (Lipinski definition) is 17. The molecular weight excluding hydrogens is 1070 g/mol. The zero-order chi connectivity index (χ0) is 57.6. The average Bonchev–Trinajstić information content (AvgIpc) is 4.39. The standard InChI is InChI=1S/C59H74FN11O10S/c1-40-55(82-39-63-40)42-15-13-41(14-16-42)34-62-57(75)48-33-45(72)36-70(48)58(76)56(59(2,3)4)65-53(73)37-80-30-28-78-26-24-77-25-27-79-29-31-81-38-54(74)68-22-20-67(21-23-68)51-12-6-10-46(64-51)49-35-61-50-17-18-52(66-71(49)50)69-19-7-11-47(69)43-8-5-9-44(60)32-43/h5-6,8-10,12-18,32,35,39,45,47-48,56,72H,7,11,19-31,33-34,36-38H2,1-4H3,(H,62,75)(H,65,73)/t45-,47?,48+,56-/m1/s1. The van der Waals surface area contributed by atoms with Crippen LogP contribution in [0.3, 0.4) is 0 Å². The van der Waals surface area contributed by atoms with Crippen LogP contribution >= 0.6 is 11.3 Å². The minimum absolute atomic E-state index is 0.0263. The molecule has 0 spiro atoms. The molecule has 7 heterocycles. The number of piperazine rings is 1. The van der Waals surface area contributed by atoms with Crippen molar-refractivity contribution in [3.8, 4) is 21.8 Å². The SMILES string of the molecule is Cc1ncsc1-c1ccc(CNC(=O)[C@@H]2C[C@@H](O)CN2C(=O)[C@@H](NC(=O)COCCOCCOCCOCCOCC(=O)N2CCN(c3cccc(-c4cnc5ccc(N6CCCC6c6cccc(F)c6)nn45)n3)CC2)C(C)(C)C)cc1. The third kappa shape index (κ3) is 15.6. The molecule has 9 rings (SSSR count). The summed E-state index contributed by atoms with van der Waals surface area (Å²) < 4.78 is 43.9. The maximum atomic E-state index is 14.1. The second-order valence-electron chi connectivity index (χ2n) is 21.6. The second kappa shape index (κ2) is 28.3. The van der Waals surface area contributed by atoms with Gasteiger partial charge in [0.05, 0.1) is 93.0 Å². The van der Waals surface area contributed by atoms with E-state index in [1.54, 1.807) is 34.6 Å². The summed E-state index contributed by atoms with van der Waals surface area (Å²) in [6, 6.07) is 22.6. The van der Waals surface area contributed by atoms with Crippen LogP contribution in [-0.2, 0) is 49.4 Å². The molecule has 3 aliphatic rings. The number of carbonyl (C=O) groups excluding carboxylic acids is 4. The van der Waals surface area contributed by atoms with Gasteiger partial charge >= 0.3 is 0 Å². The Morgan fingerprint density at radius 2 is 1.50 bits per heavy atom. The number of hydrogen-bond donors (Lipinski definition) is 3. The van der Waals surface area contributed by atoms with Crippen LogP contribution in [0.15, 0.2) is 90.6 Å². The van der Waals surface area contributed by atoms with Crippen LogP contribution in [0.25, 0.3) is 27.5 Å². The van der Waals surface area contributed by atoms with Gasteiger partial charge in [-0.25, -0.2) is 23.9 Å². The van der Waals surface area contributed by atoms with Crippen LogP contribution in [0.4, 0.5) is 16.0 Å². The zero-order valence-electron chi connectivity index (χ0n) is 47.0. The summed E-state index contributed by atoms with van der Waals surface area (Å²) in [6.45, 7) is 12.7. The molecule has 23 heteroatoms. The predicted octanol–water partition coefficient (Wildman–Crippen LogP) is 5.24. The fraction of sp³-hybridized carbons (Fsp3) is 0.492. The van der Waals surface area contributed by atoms with Gasteiger partial charge < -0.3 is 59.0 Å². The number of nitrogens with one attached hydrogen (secondary N) is 2. The maximum Gasteiger partial charge on any atom is 0.248 e. The number of pyridine rings is 1. The lowest BCUT2D eigenvalue weighted by atomic mass is 9.85. The number of anilines is 2. The first-order valence-electron chi connectivity index (χ1n) is 28.0. The van der Waals surface area contributed by atoms with Crippen LogP contribution in [0.5, 0.6) is 0 Å². The molecule has 1 unspecified atom stereocenters. The van der Waals surface area contributed by atoms with E-state index < -0.39 is 35.4 Å². The molecule has 21 nitrogen and oxygen atoms in total. The highest BCUT2D eigenvalue weighted by atomic mass is 32.1. The average molecular weight is 1150 g/mol. The lowest BCUT2D eigenvalue weighted by Gasteiger charge is -2.35. The number of rotatable bonds is 26. The molecule has 438 valence electrons. The molecule has 0 saturated carbocycles. The van der Waals surface area contributed by atoms with Gasteiger partial charge in [-0.2, -0.15) is 0 Å². The number of nitrogens with zero attached hydrogens (tertiary/aromatic N) is 9. The van der Waals surface area contributed by atoms with E-state index in [2.05, 4.69) is 30.4 Å². The number of aryl methyl sites for hydroxylation is 1. The van der Waals surface area contributed by atoms with Crippen LogP contribution in [0.2, 0.25) is 0 Å². The minimum Gasteiger partial charge on any atom is -0.391 e. The molecule has 3 saturated heterocycles. The first-order chi connectivity index (χ1) is 39.7. The summed E-state index contributed by atoms with van der Waals surface area (Å²) in [5, 5.41) is 21.3. The zero-order valence-corrected chi connectivity index (χ0v) is 47.9. The topological polar surface area (TPSA) is 228 Å². The minimum atomic E-state index is -0.978. The first kappa shape index (κ1) is 59.6. The van der Waals surface area contributed by atoms with Crippen LogP contribution in [0.1, 0.15) is 62.9 Å². The largest absolute Gasteiger partial charge is 0.391 e. The summed E-state index contributed by atoms with van der Waals surface area (Å²) >= 11 is 1.57. The summed E-state index contributed by atoms with van der Waals surface area (Å²) in [7, 11) is 0. The third-order valence-electron chi connectivity index (χ3n) is 14.7. The van der Waals surface area contributed by atoms with E-state index >= 15 is 0 Å². The van der Waals surface area contributed by atoms with Crippen LogP contribution < -0.4 is 20.4 Å². The number of carbonyl (C=O) groups is 4. The molecular formula is C59H74FN11O10S. The van der Waals surface area contributed by atoms with Gasteiger partial charge in [-0.1, -0.05) is 63.2 Å². The maximum absolute atomic E-state index is 14.1. The lowest BCUT2D eigenvalue weighted by Crippen LogP contribution is -2.58. The van der Waals surface area contributed by atoms with Crippen molar-refractivity contribution in [2.24, 2.45) is 5.41 Å². The number of aliphatic hydroxyl groups is 1. The molecule has 0 bridgehead atoms. The van der Waals surface area contributed by atoms with Crippen LogP contribution in [-0.4, -0.2) is 187 Å². The molecule has 4 atom stereocenters. The van der Waals surface area contributed by atoms with Gasteiger partial charge in [-0.3, -0.25) is 19.2 Å². The summed E-state index contributed by atoms with van der Waals surface area (Å²) in [4.78, 5) is 76.0. The van der Waals surface area contributed by atoms with Gasteiger partial charge in [0, 0.05) is 52.2 Å². The molecule has 4 aromatic heterocycles. The Kier molecular flexibility index (Phi) is 20.6. The quantitative estimate of drug-likeness (QED) is 0.0590. The number of amides is 4. The molecule has 4 amide bonds. The number of fused-ring (bicyclic) bond motifs is 1. The molecule has 3 N–H and O–H groups in total. The third-order valence-corrected chi connectivity index (χ3v) is 15.7. The Balaban J connectivity index is 0.596. The highest BCUT2D eigenvalue weighted by molar-refractivity contribution is 7.13. The lowest BCUT2D eigenvalue weighted by molar-refractivity contribution is -0.144. The molecule has 3 aliphatic heterocycles. The fourth-order valence-corrected chi connectivity index (χ4v) is 11.2. The van der Waals surface area contributed by atoms with Crippen molar-refractivity contribution < 1.29 is 52.4 Å². The van der Waals surface area contributed by atoms with E-state index in [9.17, 15) is 28.7 Å². The molecule has 3 fully saturated rings. The van der Waals surface area contributed by atoms with Gasteiger partial charge in [-0.15, -0.1) is 16.4 Å².